The topological polar surface area (TPSA) is 101 Å². The van der Waals surface area contributed by atoms with Crippen LogP contribution in [0.2, 0.25) is 5.02 Å². The molecule has 3 saturated carbocycles. The van der Waals surface area contributed by atoms with E-state index in [0.29, 0.717) is 18.7 Å². The Morgan fingerprint density at radius 1 is 1.21 bits per heavy atom. The van der Waals surface area contributed by atoms with Crippen LogP contribution in [0.1, 0.15) is 56.4 Å². The van der Waals surface area contributed by atoms with Gasteiger partial charge in [0.15, 0.2) is 0 Å². The molecule has 2 bridgehead atoms. The highest BCUT2D eigenvalue weighted by Gasteiger charge is 2.67. The number of fused-ring (bicyclic) bond motifs is 2. The molecule has 1 amide bonds. The van der Waals surface area contributed by atoms with E-state index in [1.165, 1.54) is 6.20 Å². The van der Waals surface area contributed by atoms with Gasteiger partial charge in [0.2, 0.25) is 5.91 Å². The molecule has 3 aliphatic carbocycles. The van der Waals surface area contributed by atoms with Crippen LogP contribution in [0.3, 0.4) is 0 Å². The van der Waals surface area contributed by atoms with Crippen molar-refractivity contribution in [3.63, 3.8) is 0 Å². The van der Waals surface area contributed by atoms with Crippen LogP contribution >= 0.6 is 11.6 Å². The maximum Gasteiger partial charge on any atom is 0.224 e. The van der Waals surface area contributed by atoms with Crippen LogP contribution in [-0.2, 0) is 4.79 Å². The van der Waals surface area contributed by atoms with E-state index < -0.39 is 52.1 Å². The summed E-state index contributed by atoms with van der Waals surface area (Å²) in [7, 11) is 0. The molecule has 34 heavy (non-hydrogen) atoms. The molecular weight excluding hydrogens is 469 g/mol. The van der Waals surface area contributed by atoms with Gasteiger partial charge in [-0.3, -0.25) is 4.79 Å². The third kappa shape index (κ3) is 3.55. The molecule has 0 radical (unpaired) electrons. The second-order valence-corrected chi connectivity index (χ2v) is 10.6. The molecule has 6 nitrogen and oxygen atoms in total. The molecule has 10 heteroatoms. The fraction of sp³-hybridized carbons (Fsp3) is 0.542. The number of carbonyl (C=O) groups is 1. The summed E-state index contributed by atoms with van der Waals surface area (Å²) in [4.78, 5) is 13.2. The number of benzene rings is 1. The number of amides is 1. The fourth-order valence-electron chi connectivity index (χ4n) is 6.97. The molecule has 3 unspecified atom stereocenters. The summed E-state index contributed by atoms with van der Waals surface area (Å²) in [5.41, 5.74) is 1.80. The average molecular weight is 495 g/mol. The van der Waals surface area contributed by atoms with Crippen molar-refractivity contribution >= 4 is 23.3 Å². The normalized spacial score (nSPS) is 35.4. The minimum Gasteiger partial charge on any atom is -0.391 e. The van der Waals surface area contributed by atoms with Gasteiger partial charge in [0, 0.05) is 17.7 Å². The summed E-state index contributed by atoms with van der Waals surface area (Å²) in [6, 6.07) is 4.82. The number of rotatable bonds is 6. The van der Waals surface area contributed by atoms with Crippen LogP contribution < -0.4 is 11.1 Å². The lowest BCUT2D eigenvalue weighted by Crippen LogP contribution is -2.47. The maximum atomic E-state index is 15.5. The lowest BCUT2D eigenvalue weighted by atomic mass is 9.56. The van der Waals surface area contributed by atoms with E-state index in [2.05, 4.69) is 15.5 Å². The highest BCUT2D eigenvalue weighted by atomic mass is 35.5. The number of alkyl halides is 1. The summed E-state index contributed by atoms with van der Waals surface area (Å²) < 4.78 is 46.2. The van der Waals surface area contributed by atoms with Gasteiger partial charge in [0.1, 0.15) is 23.1 Å². The van der Waals surface area contributed by atoms with Crippen molar-refractivity contribution in [1.82, 2.24) is 10.2 Å². The van der Waals surface area contributed by atoms with Gasteiger partial charge in [0.25, 0.3) is 0 Å². The first-order valence-electron chi connectivity index (χ1n) is 11.4. The van der Waals surface area contributed by atoms with E-state index in [4.69, 9.17) is 17.3 Å². The standard InChI is InChI=1S/C24H26ClF3N4O2/c25-13-3-4-14(26)18(19(13)27)20(22-5-7-23(28,12-22)8-6-22)24(21(29)34)10-15(16(33)11-24)31-17-2-1-9-30-32-17/h1-4,9,15-16,20,33H,5-8,10-12H2,(H2,29,34)(H,31,32)/t15?,16?,20-,22?,23?,24?/m0/s1. The number of anilines is 1. The van der Waals surface area contributed by atoms with E-state index in [0.717, 1.165) is 12.1 Å². The zero-order valence-electron chi connectivity index (χ0n) is 18.4. The summed E-state index contributed by atoms with van der Waals surface area (Å²) in [6.07, 6.45) is 1.64. The average Bonchev–Trinajstić information content (AvgIpc) is 3.44. The van der Waals surface area contributed by atoms with Crippen LogP contribution in [0.15, 0.2) is 30.5 Å². The number of halogens is 4. The smallest absolute Gasteiger partial charge is 0.224 e. The zero-order chi connectivity index (χ0) is 24.3. The van der Waals surface area contributed by atoms with Crippen molar-refractivity contribution in [2.24, 2.45) is 16.6 Å². The van der Waals surface area contributed by atoms with E-state index in [1.54, 1.807) is 12.1 Å². The molecule has 2 aromatic rings. The molecule has 0 saturated heterocycles. The first-order chi connectivity index (χ1) is 16.1. The Morgan fingerprint density at radius 2 is 1.94 bits per heavy atom. The molecule has 4 N–H and O–H groups in total. The molecule has 1 heterocycles. The highest BCUT2D eigenvalue weighted by molar-refractivity contribution is 6.30. The van der Waals surface area contributed by atoms with Crippen LogP contribution in [0.25, 0.3) is 0 Å². The van der Waals surface area contributed by atoms with Crippen LogP contribution in [0.4, 0.5) is 19.0 Å². The minimum atomic E-state index is -1.53. The molecule has 4 atom stereocenters. The zero-order valence-corrected chi connectivity index (χ0v) is 19.2. The van der Waals surface area contributed by atoms with Gasteiger partial charge in [-0.2, -0.15) is 5.10 Å². The van der Waals surface area contributed by atoms with Gasteiger partial charge in [-0.15, -0.1) is 5.10 Å². The lowest BCUT2D eigenvalue weighted by molar-refractivity contribution is -0.132. The van der Waals surface area contributed by atoms with E-state index >= 15 is 13.2 Å². The molecule has 1 aromatic carbocycles. The molecule has 5 rings (SSSR count). The first-order valence-corrected chi connectivity index (χ1v) is 11.8. The quantitative estimate of drug-likeness (QED) is 0.521. The Morgan fingerprint density at radius 3 is 2.53 bits per heavy atom. The first kappa shape index (κ1) is 23.4. The second kappa shape index (κ2) is 8.09. The number of carbonyl (C=O) groups excluding carboxylic acids is 1. The van der Waals surface area contributed by atoms with Crippen molar-refractivity contribution in [2.45, 2.75) is 68.7 Å². The Kier molecular flexibility index (Phi) is 5.55. The van der Waals surface area contributed by atoms with Crippen molar-refractivity contribution in [3.05, 3.63) is 52.7 Å². The molecule has 3 fully saturated rings. The van der Waals surface area contributed by atoms with Gasteiger partial charge < -0.3 is 16.2 Å². The van der Waals surface area contributed by atoms with Gasteiger partial charge >= 0.3 is 0 Å². The maximum absolute atomic E-state index is 15.5. The summed E-state index contributed by atoms with van der Waals surface area (Å²) >= 11 is 6.05. The summed E-state index contributed by atoms with van der Waals surface area (Å²) in [5, 5.41) is 21.5. The van der Waals surface area contributed by atoms with E-state index in [9.17, 15) is 9.90 Å². The number of aliphatic hydroxyl groups excluding tert-OH is 1. The third-order valence-electron chi connectivity index (χ3n) is 8.36. The van der Waals surface area contributed by atoms with Gasteiger partial charge in [-0.25, -0.2) is 13.2 Å². The molecule has 182 valence electrons. The largest absolute Gasteiger partial charge is 0.391 e. The van der Waals surface area contributed by atoms with E-state index in [1.807, 2.05) is 0 Å². The lowest BCUT2D eigenvalue weighted by Gasteiger charge is -2.46. The predicted molar refractivity (Wildman–Crippen MR) is 120 cm³/mol. The SMILES string of the molecule is NC(=O)C1([C@@H](c2c(F)ccc(Cl)c2F)C23CCC(F)(CC2)C3)CC(O)C(Nc2cccnn2)C1. The Bertz CT molecular complexity index is 1110. The van der Waals surface area contributed by atoms with Gasteiger partial charge in [-0.1, -0.05) is 11.6 Å². The summed E-state index contributed by atoms with van der Waals surface area (Å²) in [6.45, 7) is 0. The number of nitrogens with one attached hydrogen (secondary N) is 1. The highest BCUT2D eigenvalue weighted by Crippen LogP contribution is 2.70. The van der Waals surface area contributed by atoms with E-state index in [-0.39, 0.29) is 42.7 Å². The summed E-state index contributed by atoms with van der Waals surface area (Å²) in [5.74, 6) is -3.31. The monoisotopic (exact) mass is 494 g/mol. The predicted octanol–water partition coefficient (Wildman–Crippen LogP) is 4.27. The van der Waals surface area contributed by atoms with Crippen molar-refractivity contribution < 1.29 is 23.1 Å². The number of nitrogens with zero attached hydrogens (tertiary/aromatic N) is 2. The van der Waals surface area contributed by atoms with Crippen molar-refractivity contribution in [3.8, 4) is 0 Å². The van der Waals surface area contributed by atoms with Crippen LogP contribution in [0, 0.1) is 22.5 Å². The van der Waals surface area contributed by atoms with Crippen molar-refractivity contribution in [2.75, 3.05) is 5.32 Å². The number of nitrogens with two attached hydrogens (primary N) is 1. The number of primary amides is 1. The number of hydrogen-bond acceptors (Lipinski definition) is 5. The Balaban J connectivity index is 1.64. The fourth-order valence-corrected chi connectivity index (χ4v) is 7.13. The van der Waals surface area contributed by atoms with Gasteiger partial charge in [0.05, 0.1) is 22.6 Å². The number of aromatic nitrogens is 2. The molecular formula is C24H26ClF3N4O2. The molecule has 0 aliphatic heterocycles. The van der Waals surface area contributed by atoms with Crippen LogP contribution in [-0.4, -0.2) is 39.0 Å². The van der Waals surface area contributed by atoms with Crippen LogP contribution in [0.5, 0.6) is 0 Å². The Hall–Kier alpha value is -2.39. The number of aliphatic hydroxyl groups is 1. The molecule has 3 aliphatic rings. The minimum absolute atomic E-state index is 0.00281. The van der Waals surface area contributed by atoms with Crippen molar-refractivity contribution in [1.29, 1.82) is 0 Å². The number of hydrogen-bond donors (Lipinski definition) is 3. The second-order valence-electron chi connectivity index (χ2n) is 10.2. The van der Waals surface area contributed by atoms with Gasteiger partial charge in [-0.05, 0) is 74.6 Å². The molecule has 0 spiro atoms. The third-order valence-corrected chi connectivity index (χ3v) is 8.65. The molecule has 1 aromatic heterocycles. The Labute approximate surface area is 200 Å².